The summed E-state index contributed by atoms with van der Waals surface area (Å²) in [6, 6.07) is 8.26. The van der Waals surface area contributed by atoms with E-state index in [1.807, 2.05) is 0 Å². The Balaban J connectivity index is 2.47. The average Bonchev–Trinajstić information content (AvgIpc) is 2.47. The molecule has 22 heavy (non-hydrogen) atoms. The van der Waals surface area contributed by atoms with Crippen molar-refractivity contribution in [3.63, 3.8) is 0 Å². The number of hydrogen-bond donors (Lipinski definition) is 1. The molecule has 2 nitrogen and oxygen atoms in total. The molecule has 5 heteroatoms. The molecule has 0 aliphatic heterocycles. The number of rotatable bonds is 2. The number of hydrogen-bond acceptors (Lipinski definition) is 2. The molecule has 0 saturated carbocycles. The smallest absolute Gasteiger partial charge is 0.407 e. The van der Waals surface area contributed by atoms with Crippen LogP contribution >= 0.6 is 0 Å². The fourth-order valence-electron chi connectivity index (χ4n) is 2.06. The Morgan fingerprint density at radius 3 is 2.27 bits per heavy atom. The van der Waals surface area contributed by atoms with Gasteiger partial charge in [0.05, 0.1) is 5.56 Å². The van der Waals surface area contributed by atoms with Crippen LogP contribution in [0.4, 0.5) is 18.9 Å². The van der Waals surface area contributed by atoms with Crippen LogP contribution in [0.3, 0.4) is 0 Å². The van der Waals surface area contributed by atoms with Crippen LogP contribution in [0.1, 0.15) is 18.1 Å². The molecule has 2 aromatic rings. The topological polar surface area (TPSA) is 35.2 Å². The minimum atomic E-state index is -4.35. The summed E-state index contributed by atoms with van der Waals surface area (Å²) in [6.07, 6.45) is -1.87. The Morgan fingerprint density at radius 1 is 1.09 bits per heavy atom. The molecular formula is C17H14F3NO. The van der Waals surface area contributed by atoms with Crippen LogP contribution in [0.2, 0.25) is 0 Å². The number of nitrogen functional groups attached to an aromatic ring is 1. The molecule has 0 spiro atoms. The maximum atomic E-state index is 12.6. The summed E-state index contributed by atoms with van der Waals surface area (Å²) in [6.45, 7) is 3.44. The highest BCUT2D eigenvalue weighted by molar-refractivity contribution is 5.74. The van der Waals surface area contributed by atoms with Crippen molar-refractivity contribution in [2.45, 2.75) is 20.0 Å². The zero-order chi connectivity index (χ0) is 16.3. The summed E-state index contributed by atoms with van der Waals surface area (Å²) in [5, 5.41) is 0. The minimum absolute atomic E-state index is 0.452. The summed E-state index contributed by atoms with van der Waals surface area (Å²) < 4.78 is 43.1. The van der Waals surface area contributed by atoms with E-state index in [0.29, 0.717) is 22.6 Å². The molecular weight excluding hydrogens is 291 g/mol. The van der Waals surface area contributed by atoms with Crippen molar-refractivity contribution in [2.75, 3.05) is 5.73 Å². The van der Waals surface area contributed by atoms with Gasteiger partial charge in [-0.3, -0.25) is 0 Å². The predicted molar refractivity (Wildman–Crippen MR) is 80.1 cm³/mol. The van der Waals surface area contributed by atoms with E-state index in [1.54, 1.807) is 26.0 Å². The van der Waals surface area contributed by atoms with Crippen molar-refractivity contribution in [3.8, 4) is 28.9 Å². The number of nitrogens with two attached hydrogens (primary N) is 1. The largest absolute Gasteiger partial charge is 0.416 e. The van der Waals surface area contributed by atoms with Gasteiger partial charge in [0.15, 0.2) is 0 Å². The zero-order valence-electron chi connectivity index (χ0n) is 12.1. The first kappa shape index (κ1) is 15.8. The fourth-order valence-corrected chi connectivity index (χ4v) is 2.06. The molecule has 0 aliphatic rings. The molecule has 0 aliphatic carbocycles. The van der Waals surface area contributed by atoms with Crippen molar-refractivity contribution in [3.05, 3.63) is 47.5 Å². The molecule has 0 unspecified atom stereocenters. The van der Waals surface area contributed by atoms with E-state index in [1.165, 1.54) is 12.1 Å². The molecule has 0 amide bonds. The van der Waals surface area contributed by atoms with Crippen molar-refractivity contribution in [1.29, 1.82) is 0 Å². The lowest BCUT2D eigenvalue weighted by Gasteiger charge is -2.12. The second kappa shape index (κ2) is 6.02. The van der Waals surface area contributed by atoms with Crippen LogP contribution in [-0.2, 0) is 6.18 Å². The van der Waals surface area contributed by atoms with Gasteiger partial charge >= 0.3 is 6.18 Å². The highest BCUT2D eigenvalue weighted by Gasteiger charge is 2.30. The highest BCUT2D eigenvalue weighted by atomic mass is 19.4. The van der Waals surface area contributed by atoms with Crippen LogP contribution in [-0.4, -0.2) is 0 Å². The molecule has 2 N–H and O–H groups in total. The molecule has 2 rings (SSSR count). The quantitative estimate of drug-likeness (QED) is 0.649. The lowest BCUT2D eigenvalue weighted by molar-refractivity contribution is -0.137. The number of halogens is 3. The summed E-state index contributed by atoms with van der Waals surface area (Å²) in [5.41, 5.74) is 7.69. The Hall–Kier alpha value is -2.61. The van der Waals surface area contributed by atoms with E-state index in [9.17, 15) is 13.2 Å². The van der Waals surface area contributed by atoms with E-state index in [-0.39, 0.29) is 0 Å². The first-order valence-electron chi connectivity index (χ1n) is 6.49. The van der Waals surface area contributed by atoms with Crippen LogP contribution in [0, 0.1) is 19.0 Å². The number of anilines is 1. The zero-order valence-corrected chi connectivity index (χ0v) is 12.1. The van der Waals surface area contributed by atoms with Gasteiger partial charge in [-0.2, -0.15) is 13.2 Å². The third-order valence-electron chi connectivity index (χ3n) is 3.17. The minimum Gasteiger partial charge on any atom is -0.407 e. The van der Waals surface area contributed by atoms with Crippen LogP contribution in [0.5, 0.6) is 5.75 Å². The lowest BCUT2D eigenvalue weighted by Crippen LogP contribution is -2.04. The van der Waals surface area contributed by atoms with Gasteiger partial charge in [-0.05, 0) is 36.2 Å². The molecule has 0 radical (unpaired) electrons. The third kappa shape index (κ3) is 3.34. The molecule has 0 saturated heterocycles. The summed E-state index contributed by atoms with van der Waals surface area (Å²) in [5.74, 6) is 3.10. The van der Waals surface area contributed by atoms with E-state index in [2.05, 4.69) is 12.0 Å². The van der Waals surface area contributed by atoms with Gasteiger partial charge in [-0.1, -0.05) is 18.1 Å². The summed E-state index contributed by atoms with van der Waals surface area (Å²) >= 11 is 0. The Morgan fingerprint density at radius 2 is 1.73 bits per heavy atom. The number of ether oxygens (including phenoxy) is 1. The van der Waals surface area contributed by atoms with Gasteiger partial charge in [0.2, 0.25) is 0 Å². The second-order valence-electron chi connectivity index (χ2n) is 4.72. The molecule has 0 atom stereocenters. The highest BCUT2D eigenvalue weighted by Crippen LogP contribution is 2.35. The summed E-state index contributed by atoms with van der Waals surface area (Å²) in [4.78, 5) is 0. The molecule has 0 bridgehead atoms. The molecule has 0 fully saturated rings. The van der Waals surface area contributed by atoms with Gasteiger partial charge in [-0.15, -0.1) is 0 Å². The maximum absolute atomic E-state index is 12.6. The van der Waals surface area contributed by atoms with Crippen molar-refractivity contribution < 1.29 is 17.9 Å². The van der Waals surface area contributed by atoms with Crippen LogP contribution in [0.25, 0.3) is 11.1 Å². The van der Waals surface area contributed by atoms with Gasteiger partial charge in [-0.25, -0.2) is 0 Å². The van der Waals surface area contributed by atoms with Gasteiger partial charge in [0, 0.05) is 24.2 Å². The molecule has 114 valence electrons. The van der Waals surface area contributed by atoms with Crippen LogP contribution < -0.4 is 10.5 Å². The molecule has 2 aromatic carbocycles. The maximum Gasteiger partial charge on any atom is 0.416 e. The van der Waals surface area contributed by atoms with E-state index < -0.39 is 11.7 Å². The van der Waals surface area contributed by atoms with Gasteiger partial charge < -0.3 is 10.5 Å². The predicted octanol–water partition coefficient (Wildman–Crippen LogP) is 4.62. The van der Waals surface area contributed by atoms with Crippen molar-refractivity contribution in [2.24, 2.45) is 0 Å². The Bertz CT molecular complexity index is 737. The van der Waals surface area contributed by atoms with Crippen molar-refractivity contribution >= 4 is 5.69 Å². The molecule has 0 heterocycles. The lowest BCUT2D eigenvalue weighted by atomic mass is 9.98. The second-order valence-corrected chi connectivity index (χ2v) is 4.72. The Labute approximate surface area is 126 Å². The standard InChI is InChI=1S/C17H14F3NO/c1-3-8-22-16-10-14(21)9-15(11(16)2)12-4-6-13(7-5-12)17(18,19)20/h4-7,9-10H,21H2,1-2H3. The Kier molecular flexibility index (Phi) is 4.32. The average molecular weight is 305 g/mol. The first-order chi connectivity index (χ1) is 10.3. The number of alkyl halides is 3. The SMILES string of the molecule is CC#COc1cc(N)cc(-c2ccc(C(F)(F)F)cc2)c1C. The summed E-state index contributed by atoms with van der Waals surface area (Å²) in [7, 11) is 0. The fraction of sp³-hybridized carbons (Fsp3) is 0.176. The van der Waals surface area contributed by atoms with Crippen LogP contribution in [0.15, 0.2) is 36.4 Å². The van der Waals surface area contributed by atoms with Gasteiger partial charge in [0.25, 0.3) is 0 Å². The first-order valence-corrected chi connectivity index (χ1v) is 6.49. The van der Waals surface area contributed by atoms with E-state index in [0.717, 1.165) is 17.7 Å². The number of benzene rings is 2. The van der Waals surface area contributed by atoms with Crippen molar-refractivity contribution in [1.82, 2.24) is 0 Å². The van der Waals surface area contributed by atoms with E-state index in [4.69, 9.17) is 10.5 Å². The molecule has 0 aromatic heterocycles. The monoisotopic (exact) mass is 305 g/mol. The van der Waals surface area contributed by atoms with Gasteiger partial charge in [0.1, 0.15) is 11.9 Å². The third-order valence-corrected chi connectivity index (χ3v) is 3.17. The normalized spacial score (nSPS) is 10.8. The van der Waals surface area contributed by atoms with E-state index >= 15 is 0 Å².